The van der Waals surface area contributed by atoms with Crippen molar-refractivity contribution in [2.75, 3.05) is 13.7 Å². The second kappa shape index (κ2) is 5.41. The van der Waals surface area contributed by atoms with Gasteiger partial charge in [-0.1, -0.05) is 5.16 Å². The smallest absolute Gasteiger partial charge is 0.379 e. The second-order valence-electron chi connectivity index (χ2n) is 3.26. The zero-order valence-electron chi connectivity index (χ0n) is 9.87. The van der Waals surface area contributed by atoms with E-state index in [1.165, 1.54) is 7.11 Å². The van der Waals surface area contributed by atoms with Gasteiger partial charge >= 0.3 is 5.97 Å². The molecule has 8 nitrogen and oxygen atoms in total. The second-order valence-corrected chi connectivity index (χ2v) is 3.26. The van der Waals surface area contributed by atoms with Crippen molar-refractivity contribution in [3.63, 3.8) is 0 Å². The largest absolute Gasteiger partial charge is 0.460 e. The first-order chi connectivity index (χ1) is 8.74. The topological polar surface area (TPSA) is 100 Å². The zero-order valence-corrected chi connectivity index (χ0v) is 9.87. The quantitative estimate of drug-likeness (QED) is 0.728. The molecule has 8 heteroatoms. The number of methoxy groups -OCH3 is 1. The lowest BCUT2D eigenvalue weighted by Gasteiger charge is -1.93. The maximum atomic E-state index is 11.3. The van der Waals surface area contributed by atoms with Crippen molar-refractivity contribution >= 4 is 5.97 Å². The van der Waals surface area contributed by atoms with Crippen LogP contribution < -0.4 is 0 Å². The van der Waals surface area contributed by atoms with Crippen LogP contribution in [0.1, 0.15) is 23.3 Å². The SMILES string of the molecule is CCOC(=O)c1noc(-c2cc(COC)on2)n1. The molecule has 0 aliphatic heterocycles. The fraction of sp³-hybridized carbons (Fsp3) is 0.400. The first-order valence-corrected chi connectivity index (χ1v) is 5.20. The molecule has 96 valence electrons. The maximum Gasteiger partial charge on any atom is 0.379 e. The lowest BCUT2D eigenvalue weighted by molar-refractivity contribution is 0.0508. The van der Waals surface area contributed by atoms with Gasteiger partial charge in [0.2, 0.25) is 0 Å². The van der Waals surface area contributed by atoms with Crippen LogP contribution in [-0.4, -0.2) is 35.0 Å². The number of rotatable bonds is 5. The van der Waals surface area contributed by atoms with Crippen LogP contribution >= 0.6 is 0 Å². The minimum atomic E-state index is -0.645. The number of esters is 1. The maximum absolute atomic E-state index is 11.3. The molecule has 2 aromatic heterocycles. The summed E-state index contributed by atoms with van der Waals surface area (Å²) in [4.78, 5) is 15.2. The molecular formula is C10H11N3O5. The number of hydrogen-bond acceptors (Lipinski definition) is 8. The minimum Gasteiger partial charge on any atom is -0.460 e. The van der Waals surface area contributed by atoms with Gasteiger partial charge in [-0.2, -0.15) is 4.98 Å². The van der Waals surface area contributed by atoms with Crippen LogP contribution in [0.25, 0.3) is 11.6 Å². The summed E-state index contributed by atoms with van der Waals surface area (Å²) in [5.74, 6) is -0.191. The summed E-state index contributed by atoms with van der Waals surface area (Å²) in [6.45, 7) is 2.21. The Bertz CT molecular complexity index is 533. The van der Waals surface area contributed by atoms with Gasteiger partial charge in [0.25, 0.3) is 11.7 Å². The van der Waals surface area contributed by atoms with E-state index in [2.05, 4.69) is 15.3 Å². The van der Waals surface area contributed by atoms with Crippen molar-refractivity contribution in [1.82, 2.24) is 15.3 Å². The van der Waals surface area contributed by atoms with E-state index in [4.69, 9.17) is 18.5 Å². The van der Waals surface area contributed by atoms with Crippen molar-refractivity contribution in [1.29, 1.82) is 0 Å². The van der Waals surface area contributed by atoms with Crippen molar-refractivity contribution < 1.29 is 23.3 Å². The molecule has 2 aromatic rings. The number of carbonyl (C=O) groups is 1. The van der Waals surface area contributed by atoms with Crippen LogP contribution in [0.2, 0.25) is 0 Å². The molecule has 0 aliphatic rings. The molecular weight excluding hydrogens is 242 g/mol. The summed E-state index contributed by atoms with van der Waals surface area (Å²) in [5, 5.41) is 7.21. The summed E-state index contributed by atoms with van der Waals surface area (Å²) >= 11 is 0. The number of aromatic nitrogens is 3. The highest BCUT2D eigenvalue weighted by Crippen LogP contribution is 2.17. The Morgan fingerprint density at radius 2 is 2.22 bits per heavy atom. The molecule has 18 heavy (non-hydrogen) atoms. The molecule has 0 N–H and O–H groups in total. The van der Waals surface area contributed by atoms with Gasteiger partial charge in [0, 0.05) is 13.2 Å². The van der Waals surface area contributed by atoms with Crippen LogP contribution in [0, 0.1) is 0 Å². The third-order valence-electron chi connectivity index (χ3n) is 1.95. The molecule has 0 saturated carbocycles. The Balaban J connectivity index is 2.15. The molecule has 0 radical (unpaired) electrons. The molecule has 0 saturated heterocycles. The summed E-state index contributed by atoms with van der Waals surface area (Å²) in [6, 6.07) is 1.59. The first kappa shape index (κ1) is 12.2. The van der Waals surface area contributed by atoms with Gasteiger partial charge in [-0.15, -0.1) is 0 Å². The number of hydrogen-bond donors (Lipinski definition) is 0. The molecule has 0 bridgehead atoms. The highest BCUT2D eigenvalue weighted by atomic mass is 16.5. The van der Waals surface area contributed by atoms with Gasteiger partial charge in [0.1, 0.15) is 6.61 Å². The van der Waals surface area contributed by atoms with E-state index in [-0.39, 0.29) is 24.9 Å². The van der Waals surface area contributed by atoms with E-state index in [1.807, 2.05) is 0 Å². The third-order valence-corrected chi connectivity index (χ3v) is 1.95. The van der Waals surface area contributed by atoms with Crippen molar-refractivity contribution in [3.8, 4) is 11.6 Å². The lowest BCUT2D eigenvalue weighted by atomic mass is 10.4. The summed E-state index contributed by atoms with van der Waals surface area (Å²) in [5.41, 5.74) is 0.338. The lowest BCUT2D eigenvalue weighted by Crippen LogP contribution is -2.06. The van der Waals surface area contributed by atoms with Crippen LogP contribution in [0.5, 0.6) is 0 Å². The average Bonchev–Trinajstić information content (AvgIpc) is 2.97. The van der Waals surface area contributed by atoms with E-state index in [1.54, 1.807) is 13.0 Å². The van der Waals surface area contributed by atoms with E-state index < -0.39 is 5.97 Å². The summed E-state index contributed by atoms with van der Waals surface area (Å²) in [7, 11) is 1.54. The van der Waals surface area contributed by atoms with E-state index >= 15 is 0 Å². The van der Waals surface area contributed by atoms with Crippen molar-refractivity contribution in [3.05, 3.63) is 17.7 Å². The number of carbonyl (C=O) groups excluding carboxylic acids is 1. The van der Waals surface area contributed by atoms with Crippen LogP contribution in [0.15, 0.2) is 15.1 Å². The predicted octanol–water partition coefficient (Wildman–Crippen LogP) is 1.05. The Kier molecular flexibility index (Phi) is 3.68. The van der Waals surface area contributed by atoms with Crippen LogP contribution in [0.4, 0.5) is 0 Å². The Hall–Kier alpha value is -2.22. The van der Waals surface area contributed by atoms with Crippen molar-refractivity contribution in [2.24, 2.45) is 0 Å². The van der Waals surface area contributed by atoms with E-state index in [0.29, 0.717) is 11.5 Å². The molecule has 0 aromatic carbocycles. The molecule has 0 amide bonds. The van der Waals surface area contributed by atoms with Gasteiger partial charge in [-0.05, 0) is 12.1 Å². The molecule has 2 heterocycles. The number of nitrogens with zero attached hydrogens (tertiary/aromatic N) is 3. The van der Waals surface area contributed by atoms with Crippen molar-refractivity contribution in [2.45, 2.75) is 13.5 Å². The van der Waals surface area contributed by atoms with Gasteiger partial charge in [-0.25, -0.2) is 4.79 Å². The summed E-state index contributed by atoms with van der Waals surface area (Å²) in [6.07, 6.45) is 0. The van der Waals surface area contributed by atoms with Crippen LogP contribution in [0.3, 0.4) is 0 Å². The highest BCUT2D eigenvalue weighted by Gasteiger charge is 2.19. The fourth-order valence-corrected chi connectivity index (χ4v) is 1.23. The highest BCUT2D eigenvalue weighted by molar-refractivity contribution is 5.85. The molecule has 0 atom stereocenters. The fourth-order valence-electron chi connectivity index (χ4n) is 1.23. The number of ether oxygens (including phenoxy) is 2. The van der Waals surface area contributed by atoms with Gasteiger partial charge in [0.15, 0.2) is 11.5 Å². The zero-order chi connectivity index (χ0) is 13.0. The Morgan fingerprint density at radius 3 is 2.94 bits per heavy atom. The standard InChI is InChI=1S/C10H11N3O5/c1-3-16-10(14)8-11-9(18-13-8)7-4-6(5-15-2)17-12-7/h4H,3,5H2,1-2H3. The molecule has 0 spiro atoms. The molecule has 0 unspecified atom stereocenters. The summed E-state index contributed by atoms with van der Waals surface area (Å²) < 4.78 is 19.5. The van der Waals surface area contributed by atoms with E-state index in [0.717, 1.165) is 0 Å². The average molecular weight is 253 g/mol. The molecule has 2 rings (SSSR count). The predicted molar refractivity (Wildman–Crippen MR) is 56.5 cm³/mol. The monoisotopic (exact) mass is 253 g/mol. The van der Waals surface area contributed by atoms with Gasteiger partial charge in [0.05, 0.1) is 6.61 Å². The van der Waals surface area contributed by atoms with Gasteiger partial charge in [-0.3, -0.25) is 0 Å². The molecule has 0 aliphatic carbocycles. The third kappa shape index (κ3) is 2.54. The Morgan fingerprint density at radius 1 is 1.39 bits per heavy atom. The Labute approximate surface area is 102 Å². The van der Waals surface area contributed by atoms with Gasteiger partial charge < -0.3 is 18.5 Å². The van der Waals surface area contributed by atoms with E-state index in [9.17, 15) is 4.79 Å². The normalized spacial score (nSPS) is 10.6. The molecule has 0 fully saturated rings. The first-order valence-electron chi connectivity index (χ1n) is 5.20. The van der Waals surface area contributed by atoms with Crippen LogP contribution in [-0.2, 0) is 16.1 Å². The minimum absolute atomic E-state index is 0.0872.